The molecule has 0 aliphatic rings. The third-order valence-corrected chi connectivity index (χ3v) is 2.36. The number of halogens is 1. The van der Waals surface area contributed by atoms with Gasteiger partial charge in [-0.25, -0.2) is 4.39 Å². The highest BCUT2D eigenvalue weighted by Crippen LogP contribution is 2.29. The Hall–Kier alpha value is -1.83. The Bertz CT molecular complexity index is 610. The van der Waals surface area contributed by atoms with Crippen molar-refractivity contribution in [2.45, 2.75) is 0 Å². The topological polar surface area (TPSA) is 13.1 Å². The standard InChI is InChI=1S/C12H7FO/c13-10-6-3-5-9-8-4-1-2-7-11(8)14-12(9)10/h1-7H. The van der Waals surface area contributed by atoms with Crippen molar-refractivity contribution in [1.82, 2.24) is 0 Å². The van der Waals surface area contributed by atoms with Gasteiger partial charge >= 0.3 is 0 Å². The lowest BCUT2D eigenvalue weighted by Gasteiger charge is -1.88. The van der Waals surface area contributed by atoms with Gasteiger partial charge in [0.15, 0.2) is 11.4 Å². The lowest BCUT2D eigenvalue weighted by molar-refractivity contribution is 0.584. The van der Waals surface area contributed by atoms with Crippen LogP contribution >= 0.6 is 0 Å². The summed E-state index contributed by atoms with van der Waals surface area (Å²) in [5.74, 6) is -0.307. The highest BCUT2D eigenvalue weighted by Gasteiger charge is 2.08. The number of furan rings is 1. The summed E-state index contributed by atoms with van der Waals surface area (Å²) in [4.78, 5) is 0. The first-order valence-corrected chi connectivity index (χ1v) is 4.42. The molecular formula is C12H7FO. The Kier molecular flexibility index (Phi) is 1.39. The molecule has 14 heavy (non-hydrogen) atoms. The number of benzene rings is 2. The molecule has 3 aromatic rings. The summed E-state index contributed by atoms with van der Waals surface area (Å²) in [5, 5.41) is 1.79. The zero-order valence-electron chi connectivity index (χ0n) is 7.33. The summed E-state index contributed by atoms with van der Waals surface area (Å²) in [7, 11) is 0. The molecular weight excluding hydrogens is 179 g/mol. The van der Waals surface area contributed by atoms with Crippen molar-refractivity contribution >= 4 is 21.9 Å². The number of rotatable bonds is 0. The van der Waals surface area contributed by atoms with Crippen LogP contribution in [0.4, 0.5) is 4.39 Å². The first-order chi connectivity index (χ1) is 6.86. The van der Waals surface area contributed by atoms with Crippen LogP contribution in [0.2, 0.25) is 0 Å². The minimum absolute atomic E-state index is 0.307. The maximum atomic E-state index is 13.3. The van der Waals surface area contributed by atoms with E-state index in [0.29, 0.717) is 5.58 Å². The predicted octanol–water partition coefficient (Wildman–Crippen LogP) is 3.73. The summed E-state index contributed by atoms with van der Waals surface area (Å²) in [5.41, 5.74) is 1.07. The fourth-order valence-electron chi connectivity index (χ4n) is 1.71. The molecule has 0 spiro atoms. The van der Waals surface area contributed by atoms with Gasteiger partial charge < -0.3 is 4.42 Å². The molecule has 1 aromatic heterocycles. The molecule has 2 heteroatoms. The lowest BCUT2D eigenvalue weighted by Crippen LogP contribution is -1.71. The van der Waals surface area contributed by atoms with Crippen LogP contribution in [-0.4, -0.2) is 0 Å². The van der Waals surface area contributed by atoms with Gasteiger partial charge in [-0.05, 0) is 12.1 Å². The first-order valence-electron chi connectivity index (χ1n) is 4.42. The molecule has 0 fully saturated rings. The smallest absolute Gasteiger partial charge is 0.171 e. The Morgan fingerprint density at radius 3 is 2.57 bits per heavy atom. The maximum absolute atomic E-state index is 13.3. The van der Waals surface area contributed by atoms with Crippen LogP contribution in [-0.2, 0) is 0 Å². The molecule has 3 rings (SSSR count). The minimum Gasteiger partial charge on any atom is -0.453 e. The summed E-state index contributed by atoms with van der Waals surface area (Å²) in [6.07, 6.45) is 0. The molecule has 1 nitrogen and oxygen atoms in total. The van der Waals surface area contributed by atoms with Crippen molar-refractivity contribution in [2.75, 3.05) is 0 Å². The van der Waals surface area contributed by atoms with Crippen molar-refractivity contribution in [3.05, 3.63) is 48.3 Å². The van der Waals surface area contributed by atoms with Crippen LogP contribution in [0.1, 0.15) is 0 Å². The molecule has 1 heterocycles. The second kappa shape index (κ2) is 2.58. The largest absolute Gasteiger partial charge is 0.453 e. The zero-order valence-corrected chi connectivity index (χ0v) is 7.33. The van der Waals surface area contributed by atoms with Crippen molar-refractivity contribution in [3.63, 3.8) is 0 Å². The van der Waals surface area contributed by atoms with E-state index in [-0.39, 0.29) is 5.82 Å². The van der Waals surface area contributed by atoms with Gasteiger partial charge in [0.25, 0.3) is 0 Å². The summed E-state index contributed by atoms with van der Waals surface area (Å²) in [6.45, 7) is 0. The molecule has 0 saturated heterocycles. The van der Waals surface area contributed by atoms with Crippen LogP contribution < -0.4 is 0 Å². The van der Waals surface area contributed by atoms with Gasteiger partial charge in [0.2, 0.25) is 0 Å². The molecule has 0 aliphatic carbocycles. The van der Waals surface area contributed by atoms with Gasteiger partial charge in [-0.2, -0.15) is 0 Å². The molecule has 0 radical (unpaired) electrons. The van der Waals surface area contributed by atoms with E-state index < -0.39 is 0 Å². The molecule has 0 bridgehead atoms. The van der Waals surface area contributed by atoms with Crippen LogP contribution in [0.5, 0.6) is 0 Å². The molecule has 0 saturated carbocycles. The van der Waals surface area contributed by atoms with Crippen LogP contribution in [0.25, 0.3) is 21.9 Å². The van der Waals surface area contributed by atoms with Gasteiger partial charge in [-0.3, -0.25) is 0 Å². The minimum atomic E-state index is -0.307. The zero-order chi connectivity index (χ0) is 9.54. The molecule has 0 unspecified atom stereocenters. The van der Waals surface area contributed by atoms with E-state index in [1.54, 1.807) is 6.07 Å². The average Bonchev–Trinajstić information content (AvgIpc) is 2.59. The van der Waals surface area contributed by atoms with E-state index >= 15 is 0 Å². The molecule has 2 aromatic carbocycles. The fraction of sp³-hybridized carbons (Fsp3) is 0. The monoisotopic (exact) mass is 186 g/mol. The second-order valence-corrected chi connectivity index (χ2v) is 3.21. The predicted molar refractivity (Wildman–Crippen MR) is 53.7 cm³/mol. The summed E-state index contributed by atoms with van der Waals surface area (Å²) < 4.78 is 18.7. The van der Waals surface area contributed by atoms with Gasteiger partial charge in [-0.15, -0.1) is 0 Å². The van der Waals surface area contributed by atoms with Gasteiger partial charge in [0, 0.05) is 10.8 Å². The van der Waals surface area contributed by atoms with Crippen molar-refractivity contribution < 1.29 is 8.81 Å². The highest BCUT2D eigenvalue weighted by atomic mass is 19.1. The first kappa shape index (κ1) is 7.56. The molecule has 0 atom stereocenters. The van der Waals surface area contributed by atoms with Crippen molar-refractivity contribution in [3.8, 4) is 0 Å². The van der Waals surface area contributed by atoms with E-state index in [0.717, 1.165) is 16.4 Å². The number of hydrogen-bond acceptors (Lipinski definition) is 1. The second-order valence-electron chi connectivity index (χ2n) is 3.21. The van der Waals surface area contributed by atoms with E-state index in [1.807, 2.05) is 30.3 Å². The van der Waals surface area contributed by atoms with E-state index in [4.69, 9.17) is 4.42 Å². The van der Waals surface area contributed by atoms with E-state index in [9.17, 15) is 4.39 Å². The lowest BCUT2D eigenvalue weighted by atomic mass is 10.1. The Morgan fingerprint density at radius 2 is 1.64 bits per heavy atom. The van der Waals surface area contributed by atoms with E-state index in [2.05, 4.69) is 0 Å². The fourth-order valence-corrected chi connectivity index (χ4v) is 1.71. The number of para-hydroxylation sites is 2. The SMILES string of the molecule is Fc1cccc2c1oc1ccccc12. The Labute approximate surface area is 79.8 Å². The summed E-state index contributed by atoms with van der Waals surface area (Å²) in [6, 6.07) is 12.5. The van der Waals surface area contributed by atoms with Gasteiger partial charge in [0.1, 0.15) is 5.58 Å². The average molecular weight is 186 g/mol. The van der Waals surface area contributed by atoms with Gasteiger partial charge in [0.05, 0.1) is 0 Å². The quantitative estimate of drug-likeness (QED) is 0.521. The van der Waals surface area contributed by atoms with Crippen molar-refractivity contribution in [2.24, 2.45) is 0 Å². The maximum Gasteiger partial charge on any atom is 0.171 e. The molecule has 0 N–H and O–H groups in total. The van der Waals surface area contributed by atoms with E-state index in [1.165, 1.54) is 6.07 Å². The van der Waals surface area contributed by atoms with Crippen molar-refractivity contribution in [1.29, 1.82) is 0 Å². The molecule has 0 amide bonds. The third-order valence-electron chi connectivity index (χ3n) is 2.36. The molecule has 68 valence electrons. The third kappa shape index (κ3) is 0.880. The highest BCUT2D eigenvalue weighted by molar-refractivity contribution is 6.04. The molecule has 0 aliphatic heterocycles. The summed E-state index contributed by atoms with van der Waals surface area (Å²) >= 11 is 0. The Balaban J connectivity index is 2.63. The van der Waals surface area contributed by atoms with Gasteiger partial charge in [-0.1, -0.05) is 30.3 Å². The van der Waals surface area contributed by atoms with Crippen LogP contribution in [0, 0.1) is 5.82 Å². The Morgan fingerprint density at radius 1 is 0.857 bits per heavy atom. The van der Waals surface area contributed by atoms with Crippen LogP contribution in [0.15, 0.2) is 46.9 Å². The number of fused-ring (bicyclic) bond motifs is 3. The van der Waals surface area contributed by atoms with Crippen LogP contribution in [0.3, 0.4) is 0 Å². The number of hydrogen-bond donors (Lipinski definition) is 0. The normalized spacial score (nSPS) is 11.2.